The molecule has 0 rings (SSSR count). The standard InChI is InChI=1S/C35H70NO6P/c1-3-5-7-9-11-13-15-16-17-18-19-20-21-22-24-26-28-30-34(37)33(32-42-43(39,40)41)36-35(38)31-29-27-25-23-14-12-10-8-6-4-2/h28,30,33-34,37H,3-27,29,31-32H2,1-2H3,(H,36,38)(H2,39,40,41)/b30-28+/t33-,34+/m0/s1. The summed E-state index contributed by atoms with van der Waals surface area (Å²) in [5, 5.41) is 13.3. The third kappa shape index (κ3) is 32.5. The highest BCUT2D eigenvalue weighted by Gasteiger charge is 2.24. The Labute approximate surface area is 265 Å². The number of phosphoric acid groups is 1. The van der Waals surface area contributed by atoms with Crippen LogP contribution < -0.4 is 5.32 Å². The van der Waals surface area contributed by atoms with Crippen LogP contribution in [0, 0.1) is 0 Å². The van der Waals surface area contributed by atoms with Crippen LogP contribution in [0.4, 0.5) is 0 Å². The second-order valence-corrected chi connectivity index (χ2v) is 13.8. The zero-order chi connectivity index (χ0) is 31.9. The maximum atomic E-state index is 12.5. The number of aliphatic hydroxyl groups is 1. The predicted octanol–water partition coefficient (Wildman–Crippen LogP) is 10.1. The van der Waals surface area contributed by atoms with E-state index < -0.39 is 26.6 Å². The summed E-state index contributed by atoms with van der Waals surface area (Å²) >= 11 is 0. The summed E-state index contributed by atoms with van der Waals surface area (Å²) in [6.07, 6.45) is 35.2. The Hall–Kier alpha value is -0.720. The van der Waals surface area contributed by atoms with Gasteiger partial charge in [0, 0.05) is 6.42 Å². The summed E-state index contributed by atoms with van der Waals surface area (Å²) in [7, 11) is -4.70. The number of carbonyl (C=O) groups is 1. The van der Waals surface area contributed by atoms with E-state index >= 15 is 0 Å². The van der Waals surface area contributed by atoms with Crippen LogP contribution in [0.2, 0.25) is 0 Å². The van der Waals surface area contributed by atoms with Crippen molar-refractivity contribution in [1.82, 2.24) is 5.32 Å². The molecule has 0 aromatic rings. The molecule has 0 aromatic carbocycles. The molecule has 256 valence electrons. The van der Waals surface area contributed by atoms with E-state index in [4.69, 9.17) is 9.79 Å². The van der Waals surface area contributed by atoms with Gasteiger partial charge in [0.25, 0.3) is 0 Å². The Kier molecular flexibility index (Phi) is 30.7. The van der Waals surface area contributed by atoms with Crippen molar-refractivity contribution in [3.05, 3.63) is 12.2 Å². The molecular formula is C35H70NO6P. The smallest absolute Gasteiger partial charge is 0.387 e. The van der Waals surface area contributed by atoms with Crippen LogP contribution in [0.1, 0.15) is 187 Å². The molecule has 0 radical (unpaired) electrons. The Balaban J connectivity index is 4.02. The van der Waals surface area contributed by atoms with Crippen molar-refractivity contribution in [2.45, 2.75) is 199 Å². The van der Waals surface area contributed by atoms with Gasteiger partial charge >= 0.3 is 7.82 Å². The number of phosphoric ester groups is 1. The number of allylic oxidation sites excluding steroid dienone is 1. The van der Waals surface area contributed by atoms with Crippen LogP contribution in [0.25, 0.3) is 0 Å². The number of unbranched alkanes of at least 4 members (excludes halogenated alkanes) is 24. The Morgan fingerprint density at radius 2 is 1.02 bits per heavy atom. The fraction of sp³-hybridized carbons (Fsp3) is 0.914. The highest BCUT2D eigenvalue weighted by Crippen LogP contribution is 2.35. The summed E-state index contributed by atoms with van der Waals surface area (Å²) in [6.45, 7) is 4.04. The van der Waals surface area contributed by atoms with Crippen molar-refractivity contribution in [3.63, 3.8) is 0 Å². The van der Waals surface area contributed by atoms with Gasteiger partial charge in [-0.15, -0.1) is 0 Å². The number of hydrogen-bond donors (Lipinski definition) is 4. The van der Waals surface area contributed by atoms with Gasteiger partial charge in [-0.1, -0.05) is 174 Å². The molecule has 0 aliphatic carbocycles. The summed E-state index contributed by atoms with van der Waals surface area (Å²) in [4.78, 5) is 30.6. The van der Waals surface area contributed by atoms with E-state index in [2.05, 4.69) is 23.7 Å². The van der Waals surface area contributed by atoms with Gasteiger partial charge in [0.05, 0.1) is 18.8 Å². The monoisotopic (exact) mass is 631 g/mol. The highest BCUT2D eigenvalue weighted by molar-refractivity contribution is 7.46. The topological polar surface area (TPSA) is 116 Å². The molecule has 0 heterocycles. The number of hydrogen-bond acceptors (Lipinski definition) is 4. The predicted molar refractivity (Wildman–Crippen MR) is 181 cm³/mol. The van der Waals surface area contributed by atoms with Gasteiger partial charge in [0.1, 0.15) is 0 Å². The Morgan fingerprint density at radius 3 is 1.42 bits per heavy atom. The van der Waals surface area contributed by atoms with E-state index in [9.17, 15) is 14.5 Å². The Morgan fingerprint density at radius 1 is 0.651 bits per heavy atom. The fourth-order valence-corrected chi connectivity index (χ4v) is 5.81. The Bertz CT molecular complexity index is 683. The molecule has 0 bridgehead atoms. The zero-order valence-corrected chi connectivity index (χ0v) is 29.0. The molecule has 8 heteroatoms. The summed E-state index contributed by atoms with van der Waals surface area (Å²) in [5.41, 5.74) is 0. The van der Waals surface area contributed by atoms with Gasteiger partial charge < -0.3 is 20.2 Å². The minimum atomic E-state index is -4.70. The number of aliphatic hydroxyl groups excluding tert-OH is 1. The molecule has 0 saturated carbocycles. The average molecular weight is 632 g/mol. The van der Waals surface area contributed by atoms with Crippen LogP contribution in [-0.4, -0.2) is 39.6 Å². The normalized spacial score (nSPS) is 13.5. The summed E-state index contributed by atoms with van der Waals surface area (Å²) in [6, 6.07) is -0.902. The lowest BCUT2D eigenvalue weighted by atomic mass is 10.0. The first kappa shape index (κ1) is 42.3. The van der Waals surface area contributed by atoms with Crippen molar-refractivity contribution in [1.29, 1.82) is 0 Å². The van der Waals surface area contributed by atoms with Crippen molar-refractivity contribution in [3.8, 4) is 0 Å². The van der Waals surface area contributed by atoms with E-state index in [1.54, 1.807) is 6.08 Å². The first-order chi connectivity index (χ1) is 20.8. The molecule has 0 aliphatic rings. The van der Waals surface area contributed by atoms with E-state index in [1.165, 1.54) is 128 Å². The lowest BCUT2D eigenvalue weighted by Gasteiger charge is -2.22. The highest BCUT2D eigenvalue weighted by atomic mass is 31.2. The second-order valence-electron chi connectivity index (χ2n) is 12.5. The maximum absolute atomic E-state index is 12.5. The molecule has 1 amide bonds. The van der Waals surface area contributed by atoms with Gasteiger partial charge in [-0.2, -0.15) is 0 Å². The van der Waals surface area contributed by atoms with E-state index in [0.29, 0.717) is 6.42 Å². The molecule has 7 nitrogen and oxygen atoms in total. The molecule has 0 aromatic heterocycles. The van der Waals surface area contributed by atoms with Crippen LogP contribution in [0.5, 0.6) is 0 Å². The quantitative estimate of drug-likeness (QED) is 0.0325. The van der Waals surface area contributed by atoms with Gasteiger partial charge in [-0.3, -0.25) is 9.32 Å². The minimum absolute atomic E-state index is 0.228. The van der Waals surface area contributed by atoms with Crippen LogP contribution in [-0.2, 0) is 13.9 Å². The van der Waals surface area contributed by atoms with Gasteiger partial charge in [-0.25, -0.2) is 4.57 Å². The van der Waals surface area contributed by atoms with Crippen molar-refractivity contribution < 1.29 is 28.8 Å². The molecule has 2 atom stereocenters. The largest absolute Gasteiger partial charge is 0.469 e. The number of nitrogens with one attached hydrogen (secondary N) is 1. The number of carbonyl (C=O) groups excluding carboxylic acids is 1. The minimum Gasteiger partial charge on any atom is -0.387 e. The summed E-state index contributed by atoms with van der Waals surface area (Å²) < 4.78 is 15.8. The summed E-state index contributed by atoms with van der Waals surface area (Å²) in [5.74, 6) is -0.228. The van der Waals surface area contributed by atoms with Crippen LogP contribution in [0.3, 0.4) is 0 Å². The number of rotatable bonds is 33. The first-order valence-electron chi connectivity index (χ1n) is 18.1. The average Bonchev–Trinajstić information content (AvgIpc) is 2.97. The van der Waals surface area contributed by atoms with Crippen molar-refractivity contribution in [2.75, 3.05) is 6.61 Å². The fourth-order valence-electron chi connectivity index (χ4n) is 5.46. The third-order valence-electron chi connectivity index (χ3n) is 8.25. The second kappa shape index (κ2) is 31.3. The zero-order valence-electron chi connectivity index (χ0n) is 28.1. The lowest BCUT2D eigenvalue weighted by molar-refractivity contribution is -0.123. The SMILES string of the molecule is CCCCCCCCCCCCCCCCC/C=C/[C@@H](O)[C@H](COP(=O)(O)O)NC(=O)CCCCCCCCCCCC. The van der Waals surface area contributed by atoms with E-state index in [-0.39, 0.29) is 5.91 Å². The number of amides is 1. The molecule has 0 fully saturated rings. The van der Waals surface area contributed by atoms with Crippen molar-refractivity contribution >= 4 is 13.7 Å². The van der Waals surface area contributed by atoms with Crippen molar-refractivity contribution in [2.24, 2.45) is 0 Å². The van der Waals surface area contributed by atoms with Gasteiger partial charge in [-0.05, 0) is 19.3 Å². The molecule has 0 saturated heterocycles. The van der Waals surface area contributed by atoms with Gasteiger partial charge in [0.15, 0.2) is 0 Å². The molecular weight excluding hydrogens is 561 g/mol. The molecule has 4 N–H and O–H groups in total. The lowest BCUT2D eigenvalue weighted by Crippen LogP contribution is -2.45. The molecule has 0 aliphatic heterocycles. The molecule has 43 heavy (non-hydrogen) atoms. The maximum Gasteiger partial charge on any atom is 0.469 e. The third-order valence-corrected chi connectivity index (χ3v) is 8.73. The van der Waals surface area contributed by atoms with Crippen LogP contribution >= 0.6 is 7.82 Å². The molecule has 0 spiro atoms. The molecule has 0 unspecified atom stereocenters. The van der Waals surface area contributed by atoms with E-state index in [1.807, 2.05) is 6.08 Å². The van der Waals surface area contributed by atoms with Gasteiger partial charge in [0.2, 0.25) is 5.91 Å². The van der Waals surface area contributed by atoms with E-state index in [0.717, 1.165) is 38.5 Å². The first-order valence-corrected chi connectivity index (χ1v) is 19.7. The van der Waals surface area contributed by atoms with Crippen LogP contribution in [0.15, 0.2) is 12.2 Å².